The normalized spacial score (nSPS) is 17.3. The van der Waals surface area contributed by atoms with E-state index in [0.29, 0.717) is 18.1 Å². The standard InChI is InChI=1S/C17H26FN3O.HI/c1-2-19-16(20-12-14-8-4-5-9-15(14)18)21-13-17(22)10-6-3-7-11-17;/h4-5,8-9,22H,2-3,6-7,10-13H2,1H3,(H2,19,20,21);1H. The first-order valence-corrected chi connectivity index (χ1v) is 8.11. The molecule has 0 saturated heterocycles. The van der Waals surface area contributed by atoms with Crippen molar-refractivity contribution in [3.63, 3.8) is 0 Å². The third kappa shape index (κ3) is 6.63. The van der Waals surface area contributed by atoms with Crippen molar-refractivity contribution in [2.45, 2.75) is 51.2 Å². The first-order valence-electron chi connectivity index (χ1n) is 8.11. The molecule has 0 atom stereocenters. The second-order valence-electron chi connectivity index (χ2n) is 5.93. The highest BCUT2D eigenvalue weighted by atomic mass is 127. The van der Waals surface area contributed by atoms with Crippen LogP contribution in [-0.4, -0.2) is 29.8 Å². The summed E-state index contributed by atoms with van der Waals surface area (Å²) in [4.78, 5) is 4.40. The Morgan fingerprint density at radius 3 is 2.57 bits per heavy atom. The molecular weight excluding hydrogens is 408 g/mol. The number of hydrogen-bond acceptors (Lipinski definition) is 2. The number of aliphatic imine (C=N–C) groups is 1. The average Bonchev–Trinajstić information content (AvgIpc) is 2.52. The predicted octanol–water partition coefficient (Wildman–Crippen LogP) is 3.19. The van der Waals surface area contributed by atoms with Gasteiger partial charge in [0.1, 0.15) is 5.82 Å². The second-order valence-corrected chi connectivity index (χ2v) is 5.93. The van der Waals surface area contributed by atoms with Crippen LogP contribution in [0.15, 0.2) is 29.3 Å². The highest BCUT2D eigenvalue weighted by Crippen LogP contribution is 2.27. The smallest absolute Gasteiger partial charge is 0.191 e. The maximum atomic E-state index is 13.6. The molecule has 1 aromatic rings. The summed E-state index contributed by atoms with van der Waals surface area (Å²) in [6, 6.07) is 6.65. The highest BCUT2D eigenvalue weighted by molar-refractivity contribution is 14.0. The van der Waals surface area contributed by atoms with E-state index in [1.807, 2.05) is 6.92 Å². The van der Waals surface area contributed by atoms with Crippen molar-refractivity contribution in [1.82, 2.24) is 10.6 Å². The monoisotopic (exact) mass is 435 g/mol. The molecule has 6 heteroatoms. The molecule has 0 unspecified atom stereocenters. The summed E-state index contributed by atoms with van der Waals surface area (Å²) in [5.74, 6) is 0.373. The lowest BCUT2D eigenvalue weighted by atomic mass is 9.85. The van der Waals surface area contributed by atoms with E-state index in [2.05, 4.69) is 15.6 Å². The summed E-state index contributed by atoms with van der Waals surface area (Å²) >= 11 is 0. The molecule has 0 spiro atoms. The second kappa shape index (κ2) is 10.1. The number of rotatable bonds is 5. The van der Waals surface area contributed by atoms with Crippen LogP contribution in [0.2, 0.25) is 0 Å². The Morgan fingerprint density at radius 1 is 1.22 bits per heavy atom. The quantitative estimate of drug-likeness (QED) is 0.378. The van der Waals surface area contributed by atoms with Crippen LogP contribution in [0, 0.1) is 5.82 Å². The summed E-state index contributed by atoms with van der Waals surface area (Å²) in [6.45, 7) is 3.47. The molecular formula is C17H27FIN3O. The minimum Gasteiger partial charge on any atom is -0.388 e. The van der Waals surface area contributed by atoms with E-state index in [1.54, 1.807) is 18.2 Å². The van der Waals surface area contributed by atoms with E-state index < -0.39 is 5.60 Å². The van der Waals surface area contributed by atoms with Crippen LogP contribution in [0.4, 0.5) is 4.39 Å². The van der Waals surface area contributed by atoms with E-state index in [-0.39, 0.29) is 36.3 Å². The predicted molar refractivity (Wildman–Crippen MR) is 103 cm³/mol. The molecule has 0 amide bonds. The van der Waals surface area contributed by atoms with Crippen molar-refractivity contribution in [1.29, 1.82) is 0 Å². The zero-order valence-corrected chi connectivity index (χ0v) is 16.0. The number of hydrogen-bond donors (Lipinski definition) is 3. The van der Waals surface area contributed by atoms with Crippen molar-refractivity contribution in [2.24, 2.45) is 4.99 Å². The summed E-state index contributed by atoms with van der Waals surface area (Å²) in [5.41, 5.74) is -0.0806. The molecule has 0 aromatic heterocycles. The van der Waals surface area contributed by atoms with Crippen molar-refractivity contribution < 1.29 is 9.50 Å². The van der Waals surface area contributed by atoms with Crippen molar-refractivity contribution >= 4 is 29.9 Å². The lowest BCUT2D eigenvalue weighted by Crippen LogP contribution is -2.48. The minimum atomic E-state index is -0.646. The summed E-state index contributed by atoms with van der Waals surface area (Å²) in [7, 11) is 0. The lowest BCUT2D eigenvalue weighted by Gasteiger charge is -2.32. The van der Waals surface area contributed by atoms with Crippen LogP contribution in [0.3, 0.4) is 0 Å². The van der Waals surface area contributed by atoms with Gasteiger partial charge in [-0.25, -0.2) is 9.38 Å². The summed E-state index contributed by atoms with van der Waals surface area (Å²) < 4.78 is 13.6. The third-order valence-electron chi connectivity index (χ3n) is 4.08. The molecule has 3 N–H and O–H groups in total. The summed E-state index contributed by atoms with van der Waals surface area (Å²) in [5, 5.41) is 16.8. The molecule has 2 rings (SSSR count). The topological polar surface area (TPSA) is 56.7 Å². The first kappa shape index (κ1) is 20.2. The van der Waals surface area contributed by atoms with E-state index in [1.165, 1.54) is 12.5 Å². The SMILES string of the molecule is CCNC(=NCc1ccccc1F)NCC1(O)CCCCC1.I. The Balaban J connectivity index is 0.00000264. The van der Waals surface area contributed by atoms with Gasteiger partial charge in [0.25, 0.3) is 0 Å². The molecule has 0 radical (unpaired) electrons. The van der Waals surface area contributed by atoms with E-state index in [4.69, 9.17) is 0 Å². The van der Waals surface area contributed by atoms with Gasteiger partial charge in [-0.1, -0.05) is 37.5 Å². The van der Waals surface area contributed by atoms with Crippen LogP contribution in [-0.2, 0) is 6.54 Å². The fourth-order valence-corrected chi connectivity index (χ4v) is 2.77. The fraction of sp³-hybridized carbons (Fsp3) is 0.588. The molecule has 4 nitrogen and oxygen atoms in total. The molecule has 1 aromatic carbocycles. The van der Waals surface area contributed by atoms with Gasteiger partial charge in [-0.3, -0.25) is 0 Å². The number of guanidine groups is 1. The Morgan fingerprint density at radius 2 is 1.91 bits per heavy atom. The number of halogens is 2. The van der Waals surface area contributed by atoms with Gasteiger partial charge in [0.15, 0.2) is 5.96 Å². The molecule has 1 fully saturated rings. The Kier molecular flexibility index (Phi) is 8.83. The molecule has 1 aliphatic rings. The summed E-state index contributed by atoms with van der Waals surface area (Å²) in [6.07, 6.45) is 4.99. The van der Waals surface area contributed by atoms with Crippen LogP contribution in [0.1, 0.15) is 44.6 Å². The van der Waals surface area contributed by atoms with Gasteiger partial charge in [0.2, 0.25) is 0 Å². The zero-order valence-electron chi connectivity index (χ0n) is 13.6. The van der Waals surface area contributed by atoms with Crippen molar-refractivity contribution in [3.05, 3.63) is 35.6 Å². The van der Waals surface area contributed by atoms with Crippen molar-refractivity contribution in [2.75, 3.05) is 13.1 Å². The van der Waals surface area contributed by atoms with Gasteiger partial charge in [-0.15, -0.1) is 24.0 Å². The molecule has 0 heterocycles. The molecule has 1 aliphatic carbocycles. The van der Waals surface area contributed by atoms with Crippen LogP contribution in [0.5, 0.6) is 0 Å². The maximum Gasteiger partial charge on any atom is 0.191 e. The Labute approximate surface area is 155 Å². The molecule has 130 valence electrons. The van der Waals surface area contributed by atoms with Gasteiger partial charge in [0, 0.05) is 18.7 Å². The fourth-order valence-electron chi connectivity index (χ4n) is 2.77. The van der Waals surface area contributed by atoms with E-state index in [9.17, 15) is 9.50 Å². The third-order valence-corrected chi connectivity index (χ3v) is 4.08. The zero-order chi connectivity index (χ0) is 15.8. The molecule has 23 heavy (non-hydrogen) atoms. The Bertz CT molecular complexity index is 504. The van der Waals surface area contributed by atoms with Crippen LogP contribution < -0.4 is 10.6 Å². The van der Waals surface area contributed by atoms with Crippen LogP contribution >= 0.6 is 24.0 Å². The molecule has 0 aliphatic heterocycles. The largest absolute Gasteiger partial charge is 0.388 e. The first-order chi connectivity index (χ1) is 10.6. The van der Waals surface area contributed by atoms with E-state index >= 15 is 0 Å². The van der Waals surface area contributed by atoms with Gasteiger partial charge in [-0.05, 0) is 25.8 Å². The number of nitrogens with one attached hydrogen (secondary N) is 2. The van der Waals surface area contributed by atoms with Gasteiger partial charge in [-0.2, -0.15) is 0 Å². The minimum absolute atomic E-state index is 0. The average molecular weight is 435 g/mol. The maximum absolute atomic E-state index is 13.6. The molecule has 0 bridgehead atoms. The van der Waals surface area contributed by atoms with Crippen molar-refractivity contribution in [3.8, 4) is 0 Å². The van der Waals surface area contributed by atoms with Crippen LogP contribution in [0.25, 0.3) is 0 Å². The van der Waals surface area contributed by atoms with E-state index in [0.717, 1.165) is 32.2 Å². The highest BCUT2D eigenvalue weighted by Gasteiger charge is 2.29. The van der Waals surface area contributed by atoms with Gasteiger partial charge >= 0.3 is 0 Å². The molecule has 1 saturated carbocycles. The number of nitrogens with zero attached hydrogens (tertiary/aromatic N) is 1. The lowest BCUT2D eigenvalue weighted by molar-refractivity contribution is 0.00859. The Hall–Kier alpha value is -0.890. The van der Waals surface area contributed by atoms with Gasteiger partial charge in [0.05, 0.1) is 12.1 Å². The van der Waals surface area contributed by atoms with Gasteiger partial charge < -0.3 is 15.7 Å². The number of benzene rings is 1. The number of aliphatic hydroxyl groups is 1.